The highest BCUT2D eigenvalue weighted by atomic mass is 32.1. The molecule has 0 unspecified atom stereocenters. The van der Waals surface area contributed by atoms with Crippen LogP contribution < -0.4 is 0 Å². The summed E-state index contributed by atoms with van der Waals surface area (Å²) in [5, 5.41) is 10.2. The summed E-state index contributed by atoms with van der Waals surface area (Å²) in [6.07, 6.45) is 5.83. The second-order valence-corrected chi connectivity index (χ2v) is 7.82. The highest BCUT2D eigenvalue weighted by molar-refractivity contribution is 7.11. The lowest BCUT2D eigenvalue weighted by molar-refractivity contribution is 0.276. The van der Waals surface area contributed by atoms with Gasteiger partial charge < -0.3 is 0 Å². The molecular weight excluding hydrogens is 266 g/mol. The molecule has 20 heavy (non-hydrogen) atoms. The molecule has 0 radical (unpaired) electrons. The molecule has 2 rings (SSSR count). The molecule has 0 bridgehead atoms. The third kappa shape index (κ3) is 4.04. The summed E-state index contributed by atoms with van der Waals surface area (Å²) < 4.78 is 0. The zero-order valence-electron chi connectivity index (χ0n) is 12.9. The molecule has 1 aliphatic rings. The molecule has 0 amide bonds. The van der Waals surface area contributed by atoms with Crippen molar-refractivity contribution in [3.63, 3.8) is 0 Å². The quantitative estimate of drug-likeness (QED) is 0.848. The van der Waals surface area contributed by atoms with E-state index in [2.05, 4.69) is 31.7 Å². The van der Waals surface area contributed by atoms with Gasteiger partial charge in [-0.15, -0.1) is 11.3 Å². The lowest BCUT2D eigenvalue weighted by Crippen LogP contribution is -2.24. The van der Waals surface area contributed by atoms with Gasteiger partial charge in [0.2, 0.25) is 0 Å². The number of hydrogen-bond acceptors (Lipinski definition) is 4. The van der Waals surface area contributed by atoms with Crippen LogP contribution in [0.2, 0.25) is 0 Å². The Morgan fingerprint density at radius 3 is 2.40 bits per heavy atom. The molecule has 1 saturated heterocycles. The average molecular weight is 291 g/mol. The topological polar surface area (TPSA) is 39.9 Å². The smallest absolute Gasteiger partial charge is 0.107 e. The Labute approximate surface area is 126 Å². The van der Waals surface area contributed by atoms with Crippen molar-refractivity contribution in [2.75, 3.05) is 13.1 Å². The molecule has 1 fully saturated rings. The Morgan fingerprint density at radius 1 is 1.20 bits per heavy atom. The van der Waals surface area contributed by atoms with Crippen molar-refractivity contribution >= 4 is 11.3 Å². The molecule has 1 aliphatic heterocycles. The van der Waals surface area contributed by atoms with Gasteiger partial charge in [-0.1, -0.05) is 33.6 Å². The number of thiazole rings is 1. The molecule has 1 aromatic heterocycles. The van der Waals surface area contributed by atoms with Crippen molar-refractivity contribution in [3.8, 4) is 6.07 Å². The van der Waals surface area contributed by atoms with Crippen LogP contribution >= 0.6 is 11.3 Å². The van der Waals surface area contributed by atoms with Crippen molar-refractivity contribution in [1.82, 2.24) is 9.88 Å². The maximum absolute atomic E-state index is 9.00. The number of nitriles is 1. The Morgan fingerprint density at radius 2 is 1.85 bits per heavy atom. The minimum atomic E-state index is 0.0275. The molecule has 0 spiro atoms. The van der Waals surface area contributed by atoms with E-state index in [9.17, 15) is 0 Å². The van der Waals surface area contributed by atoms with Crippen LogP contribution in [-0.4, -0.2) is 23.0 Å². The van der Waals surface area contributed by atoms with E-state index in [0.29, 0.717) is 6.42 Å². The molecule has 3 nitrogen and oxygen atoms in total. The Balaban J connectivity index is 2.14. The van der Waals surface area contributed by atoms with E-state index < -0.39 is 0 Å². The van der Waals surface area contributed by atoms with Crippen molar-refractivity contribution < 1.29 is 0 Å². The molecule has 0 aliphatic carbocycles. The Bertz CT molecular complexity index is 471. The molecule has 0 aromatic carbocycles. The molecule has 110 valence electrons. The third-order valence-corrected chi connectivity index (χ3v) is 4.79. The molecule has 4 heteroatoms. The fraction of sp³-hybridized carbons (Fsp3) is 0.750. The van der Waals surface area contributed by atoms with E-state index in [-0.39, 0.29) is 5.41 Å². The fourth-order valence-corrected chi connectivity index (χ4v) is 3.98. The number of likely N-dealkylation sites (tertiary alicyclic amines) is 1. The Kier molecular flexibility index (Phi) is 5.17. The molecule has 0 saturated carbocycles. The summed E-state index contributed by atoms with van der Waals surface area (Å²) in [5.74, 6) is 0. The van der Waals surface area contributed by atoms with Crippen molar-refractivity contribution in [1.29, 1.82) is 5.26 Å². The predicted molar refractivity (Wildman–Crippen MR) is 83.9 cm³/mol. The van der Waals surface area contributed by atoms with Gasteiger partial charge in [-0.2, -0.15) is 5.26 Å². The fourth-order valence-electron chi connectivity index (χ4n) is 2.73. The predicted octanol–water partition coefficient (Wildman–Crippen LogP) is 3.88. The first-order valence-electron chi connectivity index (χ1n) is 7.59. The van der Waals surface area contributed by atoms with E-state index in [1.165, 1.54) is 43.8 Å². The Hall–Kier alpha value is -0.920. The first kappa shape index (κ1) is 15.5. The lowest BCUT2D eigenvalue weighted by atomic mass is 9.91. The van der Waals surface area contributed by atoms with Crippen molar-refractivity contribution in [3.05, 3.63) is 15.6 Å². The second-order valence-electron chi connectivity index (χ2n) is 6.65. The molecule has 0 N–H and O–H groups in total. The van der Waals surface area contributed by atoms with Crippen LogP contribution in [0.15, 0.2) is 0 Å². The standard InChI is InChI=1S/C16H25N3S/c1-16(2,3)15-13(8-9-17)20-14(18-15)12-19-10-6-4-5-7-11-19/h4-8,10-12H2,1-3H3. The lowest BCUT2D eigenvalue weighted by Gasteiger charge is -2.18. The van der Waals surface area contributed by atoms with Crippen LogP contribution in [0.5, 0.6) is 0 Å². The van der Waals surface area contributed by atoms with Crippen LogP contribution in [0, 0.1) is 11.3 Å². The minimum absolute atomic E-state index is 0.0275. The van der Waals surface area contributed by atoms with Gasteiger partial charge in [0.05, 0.1) is 24.7 Å². The molecule has 1 aromatic rings. The van der Waals surface area contributed by atoms with E-state index in [0.717, 1.165) is 17.1 Å². The summed E-state index contributed by atoms with van der Waals surface area (Å²) in [5.41, 5.74) is 1.15. The SMILES string of the molecule is CC(C)(C)c1nc(CN2CCCCCC2)sc1CC#N. The van der Waals surface area contributed by atoms with Gasteiger partial charge in [-0.25, -0.2) is 4.98 Å². The summed E-state index contributed by atoms with van der Waals surface area (Å²) in [6.45, 7) is 9.88. The van der Waals surface area contributed by atoms with Crippen LogP contribution in [0.1, 0.15) is 62.0 Å². The zero-order valence-corrected chi connectivity index (χ0v) is 13.7. The highest BCUT2D eigenvalue weighted by Crippen LogP contribution is 2.30. The average Bonchev–Trinajstić information content (AvgIpc) is 2.59. The van der Waals surface area contributed by atoms with Gasteiger partial charge in [0.1, 0.15) is 5.01 Å². The van der Waals surface area contributed by atoms with Crippen LogP contribution in [-0.2, 0) is 18.4 Å². The first-order chi connectivity index (χ1) is 9.50. The summed E-state index contributed by atoms with van der Waals surface area (Å²) in [4.78, 5) is 8.53. The largest absolute Gasteiger partial charge is 0.297 e. The van der Waals surface area contributed by atoms with E-state index in [4.69, 9.17) is 10.2 Å². The van der Waals surface area contributed by atoms with Gasteiger partial charge >= 0.3 is 0 Å². The summed E-state index contributed by atoms with van der Waals surface area (Å²) >= 11 is 1.74. The maximum atomic E-state index is 9.00. The minimum Gasteiger partial charge on any atom is -0.297 e. The van der Waals surface area contributed by atoms with Gasteiger partial charge in [-0.05, 0) is 25.9 Å². The van der Waals surface area contributed by atoms with E-state index >= 15 is 0 Å². The van der Waals surface area contributed by atoms with Gasteiger partial charge in [0.25, 0.3) is 0 Å². The molecule has 2 heterocycles. The van der Waals surface area contributed by atoms with E-state index in [1.54, 1.807) is 11.3 Å². The molecular formula is C16H25N3S. The second kappa shape index (κ2) is 6.69. The third-order valence-electron chi connectivity index (χ3n) is 3.75. The number of rotatable bonds is 3. The van der Waals surface area contributed by atoms with Crippen LogP contribution in [0.25, 0.3) is 0 Å². The summed E-state index contributed by atoms with van der Waals surface area (Å²) in [7, 11) is 0. The zero-order chi connectivity index (χ0) is 14.6. The van der Waals surface area contributed by atoms with Crippen molar-refractivity contribution in [2.45, 2.75) is 64.8 Å². The monoisotopic (exact) mass is 291 g/mol. The highest BCUT2D eigenvalue weighted by Gasteiger charge is 2.23. The number of nitrogens with zero attached hydrogens (tertiary/aromatic N) is 3. The first-order valence-corrected chi connectivity index (χ1v) is 8.40. The van der Waals surface area contributed by atoms with Crippen LogP contribution in [0.3, 0.4) is 0 Å². The van der Waals surface area contributed by atoms with Gasteiger partial charge in [0.15, 0.2) is 0 Å². The number of aromatic nitrogens is 1. The summed E-state index contributed by atoms with van der Waals surface area (Å²) in [6, 6.07) is 2.28. The number of hydrogen-bond donors (Lipinski definition) is 0. The van der Waals surface area contributed by atoms with E-state index in [1.807, 2.05) is 0 Å². The van der Waals surface area contributed by atoms with Gasteiger partial charge in [-0.3, -0.25) is 4.90 Å². The van der Waals surface area contributed by atoms with Gasteiger partial charge in [0, 0.05) is 10.3 Å². The molecule has 0 atom stereocenters. The normalized spacial score (nSPS) is 17.7. The van der Waals surface area contributed by atoms with Crippen molar-refractivity contribution in [2.24, 2.45) is 0 Å². The van der Waals surface area contributed by atoms with Crippen LogP contribution in [0.4, 0.5) is 0 Å². The maximum Gasteiger partial charge on any atom is 0.107 e.